The van der Waals surface area contributed by atoms with E-state index in [4.69, 9.17) is 18.9 Å². The Labute approximate surface area is 220 Å². The van der Waals surface area contributed by atoms with Crippen molar-refractivity contribution < 1.29 is 33.3 Å². The van der Waals surface area contributed by atoms with Crippen LogP contribution in [0.3, 0.4) is 0 Å². The number of amides is 2. The molecule has 38 heavy (non-hydrogen) atoms. The first kappa shape index (κ1) is 29.2. The van der Waals surface area contributed by atoms with Gasteiger partial charge in [-0.2, -0.15) is 5.10 Å². The van der Waals surface area contributed by atoms with Gasteiger partial charge >= 0.3 is 5.97 Å². The third-order valence-electron chi connectivity index (χ3n) is 5.52. The first-order valence-electron chi connectivity index (χ1n) is 12.7. The molecule has 0 bridgehead atoms. The van der Waals surface area contributed by atoms with Crippen molar-refractivity contribution in [1.29, 1.82) is 0 Å². The van der Waals surface area contributed by atoms with Gasteiger partial charge in [-0.05, 0) is 33.3 Å². The van der Waals surface area contributed by atoms with Crippen molar-refractivity contribution in [3.05, 3.63) is 34.7 Å². The van der Waals surface area contributed by atoms with Gasteiger partial charge in [-0.1, -0.05) is 12.1 Å². The second-order valence-corrected chi connectivity index (χ2v) is 9.73. The maximum absolute atomic E-state index is 13.2. The summed E-state index contributed by atoms with van der Waals surface area (Å²) in [6.07, 6.45) is 2.13. The number of rotatable bonds is 14. The predicted molar refractivity (Wildman–Crippen MR) is 139 cm³/mol. The van der Waals surface area contributed by atoms with E-state index < -0.39 is 23.1 Å². The maximum atomic E-state index is 13.2. The number of piperidine rings is 1. The molecule has 1 unspecified atom stereocenters. The van der Waals surface area contributed by atoms with Crippen LogP contribution in [0.5, 0.6) is 0 Å². The number of benzene rings is 1. The van der Waals surface area contributed by atoms with E-state index in [9.17, 15) is 19.2 Å². The van der Waals surface area contributed by atoms with Crippen molar-refractivity contribution in [2.75, 3.05) is 51.5 Å². The zero-order chi connectivity index (χ0) is 27.5. The van der Waals surface area contributed by atoms with Crippen LogP contribution in [0, 0.1) is 0 Å². The van der Waals surface area contributed by atoms with Gasteiger partial charge in [0.15, 0.2) is 0 Å². The lowest BCUT2D eigenvalue weighted by Crippen LogP contribution is -2.45. The zero-order valence-corrected chi connectivity index (χ0v) is 22.1. The van der Waals surface area contributed by atoms with Crippen molar-refractivity contribution in [2.45, 2.75) is 51.7 Å². The lowest BCUT2D eigenvalue weighted by molar-refractivity contribution is -0.156. The summed E-state index contributed by atoms with van der Waals surface area (Å²) >= 11 is 0. The van der Waals surface area contributed by atoms with E-state index in [1.807, 2.05) is 26.8 Å². The second kappa shape index (κ2) is 14.0. The third-order valence-corrected chi connectivity index (χ3v) is 5.52. The quantitative estimate of drug-likeness (QED) is 0.209. The van der Waals surface area contributed by atoms with Gasteiger partial charge in [0.2, 0.25) is 5.91 Å². The molecule has 1 fully saturated rings. The summed E-state index contributed by atoms with van der Waals surface area (Å²) in [6, 6.07) is 4.55. The van der Waals surface area contributed by atoms with Crippen LogP contribution in [-0.4, -0.2) is 79.4 Å². The van der Waals surface area contributed by atoms with Crippen molar-refractivity contribution in [3.63, 3.8) is 0 Å². The molecular weight excluding hydrogens is 496 g/mol. The molecular formula is C26H36N4O8. The van der Waals surface area contributed by atoms with E-state index in [0.29, 0.717) is 56.0 Å². The van der Waals surface area contributed by atoms with E-state index in [2.05, 4.69) is 15.7 Å². The number of carbonyl (C=O) groups excluding carboxylic acids is 3. The Bertz CT molecular complexity index is 1170. The molecule has 0 saturated carbocycles. The fourth-order valence-corrected chi connectivity index (χ4v) is 3.84. The lowest BCUT2D eigenvalue weighted by Gasteiger charge is -2.22. The number of hydrogen-bond acceptors (Lipinski definition) is 10. The molecule has 208 valence electrons. The Balaban J connectivity index is 1.35. The molecule has 1 aromatic carbocycles. The molecule has 2 heterocycles. The number of nitrogens with one attached hydrogen (secondary N) is 2. The van der Waals surface area contributed by atoms with Gasteiger partial charge in [-0.15, -0.1) is 0 Å². The monoisotopic (exact) mass is 532 g/mol. The normalized spacial score (nSPS) is 15.9. The minimum absolute atomic E-state index is 0.157. The van der Waals surface area contributed by atoms with Crippen LogP contribution in [0.4, 0.5) is 5.69 Å². The molecule has 0 spiro atoms. The topological polar surface area (TPSA) is 147 Å². The molecule has 12 nitrogen and oxygen atoms in total. The highest BCUT2D eigenvalue weighted by molar-refractivity contribution is 5.99. The molecule has 1 aromatic heterocycles. The van der Waals surface area contributed by atoms with Crippen molar-refractivity contribution >= 4 is 34.2 Å². The SMILES string of the molecule is CC(C)(C)OC(=O)CCOCCOCCOCCNc1cccc2cnn(C3CCC(=O)NC3=O)c(=O)c12. The molecule has 1 aliphatic heterocycles. The van der Waals surface area contributed by atoms with Crippen LogP contribution < -0.4 is 16.2 Å². The summed E-state index contributed by atoms with van der Waals surface area (Å²) in [4.78, 5) is 48.5. The van der Waals surface area contributed by atoms with Crippen LogP contribution in [0.25, 0.3) is 10.8 Å². The summed E-state index contributed by atoms with van der Waals surface area (Å²) < 4.78 is 22.7. The number of imide groups is 1. The van der Waals surface area contributed by atoms with Crippen LogP contribution in [0.1, 0.15) is 46.1 Å². The molecule has 2 amide bonds. The van der Waals surface area contributed by atoms with E-state index in [1.54, 1.807) is 18.3 Å². The Morgan fingerprint density at radius 3 is 2.42 bits per heavy atom. The minimum Gasteiger partial charge on any atom is -0.460 e. The van der Waals surface area contributed by atoms with E-state index >= 15 is 0 Å². The summed E-state index contributed by atoms with van der Waals surface area (Å²) in [5.74, 6) is -1.17. The van der Waals surface area contributed by atoms with Gasteiger partial charge < -0.3 is 24.3 Å². The first-order valence-corrected chi connectivity index (χ1v) is 12.7. The summed E-state index contributed by atoms with van der Waals surface area (Å²) in [5.41, 5.74) is -0.288. The fraction of sp³-hybridized carbons (Fsp3) is 0.577. The highest BCUT2D eigenvalue weighted by Gasteiger charge is 2.30. The maximum Gasteiger partial charge on any atom is 0.308 e. The molecule has 0 aliphatic carbocycles. The van der Waals surface area contributed by atoms with Gasteiger partial charge in [-0.25, -0.2) is 4.68 Å². The number of anilines is 1. The lowest BCUT2D eigenvalue weighted by atomic mass is 10.1. The Hall–Kier alpha value is -3.35. The smallest absolute Gasteiger partial charge is 0.308 e. The van der Waals surface area contributed by atoms with Gasteiger partial charge in [0.05, 0.1) is 57.6 Å². The predicted octanol–water partition coefficient (Wildman–Crippen LogP) is 1.57. The van der Waals surface area contributed by atoms with E-state index in [1.165, 1.54) is 0 Å². The standard InChI is InChI=1S/C26H36N4O8/c1-26(2,3)38-22(32)9-11-35-13-15-37-16-14-36-12-10-27-19-6-4-5-18-17-28-30(25(34)23(18)19)20-7-8-21(31)29-24(20)33/h4-6,17,20,27H,7-16H2,1-3H3,(H,29,31,33). The van der Waals surface area contributed by atoms with Crippen molar-refractivity contribution in [3.8, 4) is 0 Å². The molecule has 3 rings (SSSR count). The Morgan fingerprint density at radius 1 is 1.05 bits per heavy atom. The third kappa shape index (κ3) is 8.89. The Kier molecular flexibility index (Phi) is 10.7. The van der Waals surface area contributed by atoms with E-state index in [-0.39, 0.29) is 37.7 Å². The second-order valence-electron chi connectivity index (χ2n) is 9.73. The van der Waals surface area contributed by atoms with Gasteiger partial charge in [0.1, 0.15) is 11.6 Å². The summed E-state index contributed by atoms with van der Waals surface area (Å²) in [7, 11) is 0. The van der Waals surface area contributed by atoms with Gasteiger partial charge in [0, 0.05) is 24.0 Å². The van der Waals surface area contributed by atoms with Crippen molar-refractivity contribution in [1.82, 2.24) is 15.1 Å². The largest absolute Gasteiger partial charge is 0.460 e. The average molecular weight is 533 g/mol. The Morgan fingerprint density at radius 2 is 1.74 bits per heavy atom. The molecule has 12 heteroatoms. The van der Waals surface area contributed by atoms with Crippen LogP contribution in [0.15, 0.2) is 29.2 Å². The zero-order valence-electron chi connectivity index (χ0n) is 22.1. The highest BCUT2D eigenvalue weighted by atomic mass is 16.6. The molecule has 1 atom stereocenters. The minimum atomic E-state index is -0.823. The van der Waals surface area contributed by atoms with Gasteiger partial charge in [0.25, 0.3) is 11.5 Å². The molecule has 1 aliphatic rings. The summed E-state index contributed by atoms with van der Waals surface area (Å²) in [5, 5.41) is 10.7. The summed E-state index contributed by atoms with van der Waals surface area (Å²) in [6.45, 7) is 8.13. The first-order chi connectivity index (χ1) is 18.2. The van der Waals surface area contributed by atoms with E-state index in [0.717, 1.165) is 4.68 Å². The van der Waals surface area contributed by atoms with Crippen molar-refractivity contribution in [2.24, 2.45) is 0 Å². The van der Waals surface area contributed by atoms with Gasteiger partial charge in [-0.3, -0.25) is 24.5 Å². The number of nitrogens with zero attached hydrogens (tertiary/aromatic N) is 2. The average Bonchev–Trinajstić information content (AvgIpc) is 2.84. The molecule has 1 saturated heterocycles. The van der Waals surface area contributed by atoms with Crippen LogP contribution in [-0.2, 0) is 33.3 Å². The molecule has 2 N–H and O–H groups in total. The fourth-order valence-electron chi connectivity index (χ4n) is 3.84. The van der Waals surface area contributed by atoms with Crippen LogP contribution in [0.2, 0.25) is 0 Å². The molecule has 0 radical (unpaired) electrons. The number of carbonyl (C=O) groups is 3. The number of ether oxygens (including phenoxy) is 4. The number of esters is 1. The number of hydrogen-bond donors (Lipinski definition) is 2. The highest BCUT2D eigenvalue weighted by Crippen LogP contribution is 2.21. The number of aromatic nitrogens is 2. The number of fused-ring (bicyclic) bond motifs is 1. The van der Waals surface area contributed by atoms with Crippen LogP contribution >= 0.6 is 0 Å². The molecule has 2 aromatic rings.